The number of carboxylic acids is 1. The van der Waals surface area contributed by atoms with Crippen molar-refractivity contribution in [3.8, 4) is 0 Å². The highest BCUT2D eigenvalue weighted by atomic mass is 19.4. The molecule has 2 aromatic rings. The molecule has 27 heavy (non-hydrogen) atoms. The summed E-state index contributed by atoms with van der Waals surface area (Å²) in [5, 5.41) is 10.3. The number of hydrogen-bond donors (Lipinski definition) is 1. The quantitative estimate of drug-likeness (QED) is 0.765. The van der Waals surface area contributed by atoms with E-state index in [-0.39, 0.29) is 12.0 Å². The monoisotopic (exact) mass is 379 g/mol. The lowest BCUT2D eigenvalue weighted by molar-refractivity contribution is -0.143. The third-order valence-corrected chi connectivity index (χ3v) is 4.84. The Labute approximate surface area is 157 Å². The van der Waals surface area contributed by atoms with Crippen LogP contribution in [-0.2, 0) is 22.8 Å². The maximum atomic E-state index is 13.3. The minimum Gasteiger partial charge on any atom is -0.480 e. The van der Waals surface area contributed by atoms with Gasteiger partial charge in [-0.3, -0.25) is 4.79 Å². The molecule has 0 fully saturated rings. The molecule has 2 aromatic carbocycles. The fraction of sp³-hybridized carbons (Fsp3) is 0.381. The van der Waals surface area contributed by atoms with Gasteiger partial charge in [-0.05, 0) is 56.2 Å². The predicted octanol–water partition coefficient (Wildman–Crippen LogP) is 4.59. The predicted molar refractivity (Wildman–Crippen MR) is 98.9 cm³/mol. The van der Waals surface area contributed by atoms with Crippen molar-refractivity contribution in [1.29, 1.82) is 0 Å². The van der Waals surface area contributed by atoms with E-state index in [1.807, 2.05) is 38.1 Å². The largest absolute Gasteiger partial charge is 0.480 e. The Morgan fingerprint density at radius 2 is 1.67 bits per heavy atom. The van der Waals surface area contributed by atoms with E-state index in [4.69, 9.17) is 0 Å². The molecule has 1 unspecified atom stereocenters. The summed E-state index contributed by atoms with van der Waals surface area (Å²) in [6, 6.07) is 11.8. The summed E-state index contributed by atoms with van der Waals surface area (Å²) in [4.78, 5) is 14.4. The Hall–Kier alpha value is -2.34. The van der Waals surface area contributed by atoms with Gasteiger partial charge in [-0.15, -0.1) is 0 Å². The molecule has 0 saturated carbocycles. The SMILES string of the molecule is CCc1ccccc1C(CCN(C)C)(C(=O)O)c1cccc(C(F)(F)F)c1. The van der Waals surface area contributed by atoms with Gasteiger partial charge in [-0.2, -0.15) is 13.2 Å². The zero-order valence-corrected chi connectivity index (χ0v) is 15.7. The van der Waals surface area contributed by atoms with Gasteiger partial charge >= 0.3 is 12.1 Å². The summed E-state index contributed by atoms with van der Waals surface area (Å²) in [6.45, 7) is 2.32. The van der Waals surface area contributed by atoms with Crippen LogP contribution in [0.5, 0.6) is 0 Å². The molecule has 0 aliphatic rings. The van der Waals surface area contributed by atoms with E-state index in [0.29, 0.717) is 18.5 Å². The summed E-state index contributed by atoms with van der Waals surface area (Å²) in [7, 11) is 3.62. The zero-order chi connectivity index (χ0) is 20.2. The highest BCUT2D eigenvalue weighted by Crippen LogP contribution is 2.40. The number of carbonyl (C=O) groups is 1. The van der Waals surface area contributed by atoms with Crippen molar-refractivity contribution in [2.75, 3.05) is 20.6 Å². The lowest BCUT2D eigenvalue weighted by atomic mass is 9.69. The molecule has 0 spiro atoms. The highest BCUT2D eigenvalue weighted by molar-refractivity contribution is 5.86. The van der Waals surface area contributed by atoms with Crippen LogP contribution in [-0.4, -0.2) is 36.6 Å². The number of nitrogens with zero attached hydrogens (tertiary/aromatic N) is 1. The lowest BCUT2D eigenvalue weighted by Gasteiger charge is -2.34. The van der Waals surface area contributed by atoms with Gasteiger partial charge in [-0.1, -0.05) is 49.4 Å². The van der Waals surface area contributed by atoms with Gasteiger partial charge in [0, 0.05) is 0 Å². The number of carboxylic acid groups (broad SMARTS) is 1. The number of aliphatic carboxylic acids is 1. The summed E-state index contributed by atoms with van der Waals surface area (Å²) in [5.74, 6) is -1.15. The molecular formula is C21H24F3NO2. The van der Waals surface area contributed by atoms with Gasteiger partial charge in [-0.25, -0.2) is 0 Å². The van der Waals surface area contributed by atoms with Crippen molar-refractivity contribution >= 4 is 5.97 Å². The van der Waals surface area contributed by atoms with Crippen LogP contribution >= 0.6 is 0 Å². The Morgan fingerprint density at radius 3 is 2.22 bits per heavy atom. The van der Waals surface area contributed by atoms with Crippen LogP contribution in [0.4, 0.5) is 13.2 Å². The summed E-state index contributed by atoms with van der Waals surface area (Å²) in [6.07, 6.45) is -3.79. The van der Waals surface area contributed by atoms with Crippen LogP contribution in [0.1, 0.15) is 35.6 Å². The number of benzene rings is 2. The topological polar surface area (TPSA) is 40.5 Å². The molecule has 0 bridgehead atoms. The first-order valence-electron chi connectivity index (χ1n) is 8.77. The number of rotatable bonds is 7. The molecule has 1 N–H and O–H groups in total. The molecule has 0 heterocycles. The average molecular weight is 379 g/mol. The molecule has 146 valence electrons. The Kier molecular flexibility index (Phi) is 6.31. The van der Waals surface area contributed by atoms with Gasteiger partial charge < -0.3 is 10.0 Å². The average Bonchev–Trinajstić information content (AvgIpc) is 2.61. The number of alkyl halides is 3. The van der Waals surface area contributed by atoms with Crippen molar-refractivity contribution in [2.45, 2.75) is 31.4 Å². The first-order chi connectivity index (χ1) is 12.6. The van der Waals surface area contributed by atoms with Gasteiger partial charge in [0.25, 0.3) is 0 Å². The summed E-state index contributed by atoms with van der Waals surface area (Å²) < 4.78 is 39.8. The van der Waals surface area contributed by atoms with Crippen molar-refractivity contribution in [2.24, 2.45) is 0 Å². The van der Waals surface area contributed by atoms with E-state index in [0.717, 1.165) is 17.7 Å². The molecule has 1 atom stereocenters. The first kappa shape index (κ1) is 21.0. The second-order valence-corrected chi connectivity index (χ2v) is 6.85. The maximum absolute atomic E-state index is 13.3. The molecule has 0 aliphatic heterocycles. The van der Waals surface area contributed by atoms with E-state index in [2.05, 4.69) is 0 Å². The molecular weight excluding hydrogens is 355 g/mol. The normalized spacial score (nSPS) is 14.2. The van der Waals surface area contributed by atoms with Gasteiger partial charge in [0.2, 0.25) is 0 Å². The van der Waals surface area contributed by atoms with E-state index in [9.17, 15) is 23.1 Å². The Bertz CT molecular complexity index is 802. The lowest BCUT2D eigenvalue weighted by Crippen LogP contribution is -2.41. The van der Waals surface area contributed by atoms with Crippen molar-refractivity contribution in [1.82, 2.24) is 4.90 Å². The molecule has 0 amide bonds. The van der Waals surface area contributed by atoms with Crippen molar-refractivity contribution in [3.63, 3.8) is 0 Å². The van der Waals surface area contributed by atoms with E-state index in [1.54, 1.807) is 12.1 Å². The summed E-state index contributed by atoms with van der Waals surface area (Å²) in [5.41, 5.74) is -0.896. The van der Waals surface area contributed by atoms with Gasteiger partial charge in [0.05, 0.1) is 5.56 Å². The second-order valence-electron chi connectivity index (χ2n) is 6.85. The molecule has 0 saturated heterocycles. The first-order valence-corrected chi connectivity index (χ1v) is 8.77. The number of halogens is 3. The Morgan fingerprint density at radius 1 is 1.04 bits per heavy atom. The van der Waals surface area contributed by atoms with Crippen LogP contribution < -0.4 is 0 Å². The molecule has 0 aromatic heterocycles. The zero-order valence-electron chi connectivity index (χ0n) is 15.7. The molecule has 0 aliphatic carbocycles. The van der Waals surface area contributed by atoms with Crippen molar-refractivity contribution in [3.05, 3.63) is 70.8 Å². The minimum absolute atomic E-state index is 0.146. The fourth-order valence-electron chi connectivity index (χ4n) is 3.38. The fourth-order valence-corrected chi connectivity index (χ4v) is 3.38. The van der Waals surface area contributed by atoms with Crippen molar-refractivity contribution < 1.29 is 23.1 Å². The van der Waals surface area contributed by atoms with Crippen LogP contribution in [0.15, 0.2) is 48.5 Å². The molecule has 0 radical (unpaired) electrons. The summed E-state index contributed by atoms with van der Waals surface area (Å²) >= 11 is 0. The maximum Gasteiger partial charge on any atom is 0.416 e. The smallest absolute Gasteiger partial charge is 0.416 e. The highest BCUT2D eigenvalue weighted by Gasteiger charge is 2.44. The van der Waals surface area contributed by atoms with Gasteiger partial charge in [0.15, 0.2) is 0 Å². The second kappa shape index (κ2) is 8.13. The standard InChI is InChI=1S/C21H24F3NO2/c1-4-15-8-5-6-11-18(15)20(19(26)27,12-13-25(2)3)16-9-7-10-17(14-16)21(22,23)24/h5-11,14H,4,12-13H2,1-3H3,(H,26,27). The molecule has 3 nitrogen and oxygen atoms in total. The van der Waals surface area contributed by atoms with E-state index < -0.39 is 23.1 Å². The third-order valence-electron chi connectivity index (χ3n) is 4.84. The molecule has 2 rings (SSSR count). The number of aryl methyl sites for hydroxylation is 1. The number of hydrogen-bond acceptors (Lipinski definition) is 2. The third kappa shape index (κ3) is 4.33. The van der Waals surface area contributed by atoms with Gasteiger partial charge in [0.1, 0.15) is 5.41 Å². The Balaban J connectivity index is 2.78. The molecule has 6 heteroatoms. The van der Waals surface area contributed by atoms with Crippen LogP contribution in [0.3, 0.4) is 0 Å². The minimum atomic E-state index is -4.54. The van der Waals surface area contributed by atoms with Crippen LogP contribution in [0.2, 0.25) is 0 Å². The van der Waals surface area contributed by atoms with E-state index in [1.165, 1.54) is 12.1 Å². The van der Waals surface area contributed by atoms with Crippen LogP contribution in [0, 0.1) is 0 Å². The van der Waals surface area contributed by atoms with Crippen LogP contribution in [0.25, 0.3) is 0 Å². The van der Waals surface area contributed by atoms with E-state index >= 15 is 0 Å².